The average molecular weight is 575 g/mol. The van der Waals surface area contributed by atoms with E-state index in [4.69, 9.17) is 21.1 Å². The normalized spacial score (nSPS) is 13.4. The topological polar surface area (TPSA) is 107 Å². The Morgan fingerprint density at radius 2 is 1.59 bits per heavy atom. The Morgan fingerprint density at radius 3 is 2.17 bits per heavy atom. The molecule has 0 bridgehead atoms. The molecule has 212 valence electrons. The monoisotopic (exact) mass is 574 g/mol. The van der Waals surface area contributed by atoms with Gasteiger partial charge in [-0.1, -0.05) is 66.2 Å². The lowest BCUT2D eigenvalue weighted by molar-refractivity contribution is -0.139. The zero-order valence-corrected chi connectivity index (χ0v) is 24.0. The minimum absolute atomic E-state index is 0.0506. The first-order valence-corrected chi connectivity index (χ1v) is 13.7. The Balaban J connectivity index is 1.37. The molecule has 1 aliphatic carbocycles. The molecule has 0 radical (unpaired) electrons. The SMILES string of the molecule is Cc1c(C[C@H](NC(=O)OCC2c3ccccc3-c3ccccc32)C(=O)O)c2c(Cl)cccc2n1C(=O)OC(C)(C)C. The Labute approximate surface area is 242 Å². The largest absolute Gasteiger partial charge is 0.480 e. The first-order chi connectivity index (χ1) is 19.5. The highest BCUT2D eigenvalue weighted by Crippen LogP contribution is 2.44. The molecule has 2 N–H and O–H groups in total. The summed E-state index contributed by atoms with van der Waals surface area (Å²) >= 11 is 6.53. The molecular weight excluding hydrogens is 544 g/mol. The van der Waals surface area contributed by atoms with Gasteiger partial charge in [-0.05, 0) is 67.6 Å². The third kappa shape index (κ3) is 5.52. The summed E-state index contributed by atoms with van der Waals surface area (Å²) in [7, 11) is 0. The number of benzene rings is 3. The number of rotatable bonds is 6. The fraction of sp³-hybridized carbons (Fsp3) is 0.281. The van der Waals surface area contributed by atoms with Gasteiger partial charge < -0.3 is 19.9 Å². The smallest absolute Gasteiger partial charge is 0.419 e. The number of alkyl carbamates (subject to hydrolysis) is 1. The summed E-state index contributed by atoms with van der Waals surface area (Å²) < 4.78 is 12.6. The molecular formula is C32H31ClN2O6. The van der Waals surface area contributed by atoms with Crippen LogP contribution in [0, 0.1) is 6.92 Å². The zero-order valence-electron chi connectivity index (χ0n) is 23.2. The fourth-order valence-corrected chi connectivity index (χ4v) is 5.76. The van der Waals surface area contributed by atoms with Gasteiger partial charge in [0.1, 0.15) is 18.2 Å². The molecule has 0 saturated carbocycles. The van der Waals surface area contributed by atoms with Crippen molar-refractivity contribution in [1.29, 1.82) is 0 Å². The second kappa shape index (κ2) is 10.9. The molecule has 1 aliphatic rings. The summed E-state index contributed by atoms with van der Waals surface area (Å²) in [5.74, 6) is -1.41. The van der Waals surface area contributed by atoms with Crippen LogP contribution >= 0.6 is 11.6 Å². The number of hydrogen-bond donors (Lipinski definition) is 2. The maximum absolute atomic E-state index is 13.1. The van der Waals surface area contributed by atoms with Crippen LogP contribution in [0.4, 0.5) is 9.59 Å². The summed E-state index contributed by atoms with van der Waals surface area (Å²) in [6, 6.07) is 19.7. The van der Waals surface area contributed by atoms with Crippen molar-refractivity contribution in [3.8, 4) is 11.1 Å². The number of hydrogen-bond acceptors (Lipinski definition) is 5. The Kier molecular flexibility index (Phi) is 7.53. The standard InChI is InChI=1S/C32H31ClN2O6/c1-18-23(28-25(33)14-9-15-27(28)35(18)31(39)41-32(2,3)4)16-26(29(36)37)34-30(38)40-17-24-21-12-7-5-10-19(21)20-11-6-8-13-22(20)24/h5-15,24,26H,16-17H2,1-4H3,(H,34,38)(H,36,37)/t26-/m0/s1. The molecule has 1 amide bonds. The Morgan fingerprint density at radius 1 is 0.976 bits per heavy atom. The number of aliphatic carboxylic acids is 1. The van der Waals surface area contributed by atoms with E-state index in [0.29, 0.717) is 27.2 Å². The third-order valence-electron chi connectivity index (χ3n) is 7.22. The van der Waals surface area contributed by atoms with E-state index in [1.165, 1.54) is 4.57 Å². The highest BCUT2D eigenvalue weighted by atomic mass is 35.5. The lowest BCUT2D eigenvalue weighted by Crippen LogP contribution is -2.43. The predicted molar refractivity (Wildman–Crippen MR) is 157 cm³/mol. The number of carbonyl (C=O) groups is 3. The van der Waals surface area contributed by atoms with E-state index in [1.807, 2.05) is 48.5 Å². The molecule has 0 aliphatic heterocycles. The third-order valence-corrected chi connectivity index (χ3v) is 7.54. The van der Waals surface area contributed by atoms with E-state index < -0.39 is 29.8 Å². The molecule has 0 spiro atoms. The minimum Gasteiger partial charge on any atom is -0.480 e. The van der Waals surface area contributed by atoms with Crippen molar-refractivity contribution >= 4 is 40.7 Å². The van der Waals surface area contributed by atoms with Gasteiger partial charge in [0.2, 0.25) is 0 Å². The van der Waals surface area contributed by atoms with Gasteiger partial charge in [0.25, 0.3) is 0 Å². The molecule has 41 heavy (non-hydrogen) atoms. The summed E-state index contributed by atoms with van der Waals surface area (Å²) in [4.78, 5) is 38.3. The number of halogens is 1. The molecule has 0 fully saturated rings. The number of amides is 1. The summed E-state index contributed by atoms with van der Waals surface area (Å²) in [6.45, 7) is 7.03. The molecule has 0 saturated heterocycles. The van der Waals surface area contributed by atoms with Crippen molar-refractivity contribution in [2.75, 3.05) is 6.61 Å². The van der Waals surface area contributed by atoms with Crippen LogP contribution in [0.1, 0.15) is 49.1 Å². The average Bonchev–Trinajstić information content (AvgIpc) is 3.38. The second-order valence-corrected chi connectivity index (χ2v) is 11.5. The lowest BCUT2D eigenvalue weighted by atomic mass is 9.98. The van der Waals surface area contributed by atoms with Crippen molar-refractivity contribution in [2.45, 2.75) is 51.7 Å². The quantitative estimate of drug-likeness (QED) is 0.259. The fourth-order valence-electron chi connectivity index (χ4n) is 5.47. The van der Waals surface area contributed by atoms with Crippen LogP contribution in [0.5, 0.6) is 0 Å². The number of nitrogens with one attached hydrogen (secondary N) is 1. The van der Waals surface area contributed by atoms with E-state index in [1.54, 1.807) is 45.9 Å². The summed E-state index contributed by atoms with van der Waals surface area (Å²) in [5.41, 5.74) is 5.03. The van der Waals surface area contributed by atoms with Crippen LogP contribution in [0.25, 0.3) is 22.0 Å². The maximum Gasteiger partial charge on any atom is 0.419 e. The van der Waals surface area contributed by atoms with Crippen molar-refractivity contribution in [1.82, 2.24) is 9.88 Å². The number of carbonyl (C=O) groups excluding carboxylic acids is 2. The van der Waals surface area contributed by atoms with Crippen molar-refractivity contribution < 1.29 is 29.0 Å². The highest BCUT2D eigenvalue weighted by molar-refractivity contribution is 6.36. The molecule has 1 heterocycles. The van der Waals surface area contributed by atoms with Crippen LogP contribution in [-0.2, 0) is 20.7 Å². The number of nitrogens with zero attached hydrogens (tertiary/aromatic N) is 1. The number of fused-ring (bicyclic) bond motifs is 4. The van der Waals surface area contributed by atoms with Gasteiger partial charge in [-0.2, -0.15) is 0 Å². The van der Waals surface area contributed by atoms with Gasteiger partial charge in [0.05, 0.1) is 10.5 Å². The highest BCUT2D eigenvalue weighted by Gasteiger charge is 2.31. The van der Waals surface area contributed by atoms with Crippen LogP contribution in [0.3, 0.4) is 0 Å². The molecule has 0 unspecified atom stereocenters. The molecule has 9 heteroatoms. The number of ether oxygens (including phenoxy) is 2. The zero-order chi connectivity index (χ0) is 29.5. The van der Waals surface area contributed by atoms with Crippen molar-refractivity contribution in [3.63, 3.8) is 0 Å². The van der Waals surface area contributed by atoms with E-state index in [9.17, 15) is 19.5 Å². The van der Waals surface area contributed by atoms with E-state index in [2.05, 4.69) is 5.32 Å². The van der Waals surface area contributed by atoms with Crippen LogP contribution in [0.15, 0.2) is 66.7 Å². The van der Waals surface area contributed by atoms with Gasteiger partial charge in [0.15, 0.2) is 0 Å². The molecule has 5 rings (SSSR count). The first kappa shape index (κ1) is 28.2. The van der Waals surface area contributed by atoms with Crippen molar-refractivity contribution in [3.05, 3.63) is 94.1 Å². The molecule has 1 aromatic heterocycles. The Bertz CT molecular complexity index is 1620. The second-order valence-electron chi connectivity index (χ2n) is 11.1. The van der Waals surface area contributed by atoms with Crippen LogP contribution in [0.2, 0.25) is 5.02 Å². The summed E-state index contributed by atoms with van der Waals surface area (Å²) in [5, 5.41) is 13.4. The minimum atomic E-state index is -1.33. The number of aromatic nitrogens is 1. The van der Waals surface area contributed by atoms with Gasteiger partial charge in [-0.15, -0.1) is 0 Å². The number of carboxylic acid groups (broad SMARTS) is 1. The summed E-state index contributed by atoms with van der Waals surface area (Å²) in [6.07, 6.45) is -1.58. The Hall–Kier alpha value is -4.30. The van der Waals surface area contributed by atoms with Gasteiger partial charge in [0, 0.05) is 23.4 Å². The first-order valence-electron chi connectivity index (χ1n) is 13.3. The van der Waals surface area contributed by atoms with E-state index in [-0.39, 0.29) is 18.9 Å². The molecule has 3 aromatic carbocycles. The van der Waals surface area contributed by atoms with Gasteiger partial charge in [-0.25, -0.2) is 19.0 Å². The lowest BCUT2D eigenvalue weighted by Gasteiger charge is -2.20. The molecule has 8 nitrogen and oxygen atoms in total. The maximum atomic E-state index is 13.1. The van der Waals surface area contributed by atoms with Crippen LogP contribution in [-0.4, -0.2) is 46.1 Å². The van der Waals surface area contributed by atoms with Gasteiger partial charge in [-0.3, -0.25) is 0 Å². The molecule has 4 aromatic rings. The van der Waals surface area contributed by atoms with E-state index in [0.717, 1.165) is 22.3 Å². The predicted octanol–water partition coefficient (Wildman–Crippen LogP) is 6.92. The van der Waals surface area contributed by atoms with E-state index >= 15 is 0 Å². The van der Waals surface area contributed by atoms with Crippen molar-refractivity contribution in [2.24, 2.45) is 0 Å². The van der Waals surface area contributed by atoms with Crippen LogP contribution < -0.4 is 5.32 Å². The number of carboxylic acids is 1. The molecule has 1 atom stereocenters. The van der Waals surface area contributed by atoms with Gasteiger partial charge >= 0.3 is 18.2 Å².